The van der Waals surface area contributed by atoms with Crippen LogP contribution in [0, 0.1) is 0 Å². The van der Waals surface area contributed by atoms with Crippen molar-refractivity contribution in [2.75, 3.05) is 30.0 Å². The molecule has 0 amide bonds. The third-order valence-electron chi connectivity index (χ3n) is 6.67. The van der Waals surface area contributed by atoms with Gasteiger partial charge in [-0.2, -0.15) is 4.98 Å². The Morgan fingerprint density at radius 2 is 1.84 bits per heavy atom. The van der Waals surface area contributed by atoms with Crippen molar-refractivity contribution in [3.8, 4) is 0 Å². The van der Waals surface area contributed by atoms with Gasteiger partial charge in [0.2, 0.25) is 16.0 Å². The van der Waals surface area contributed by atoms with Crippen LogP contribution in [0.2, 0.25) is 5.02 Å². The van der Waals surface area contributed by atoms with Gasteiger partial charge in [-0.25, -0.2) is 26.1 Å². The lowest BCUT2D eigenvalue weighted by atomic mass is 9.91. The second-order valence-electron chi connectivity index (χ2n) is 9.62. The molecule has 4 rings (SSSR count). The molecule has 0 aliphatic carbocycles. The van der Waals surface area contributed by atoms with Crippen LogP contribution in [-0.2, 0) is 26.3 Å². The number of nitrogens with zero attached hydrogens (tertiary/aromatic N) is 3. The highest BCUT2D eigenvalue weighted by Crippen LogP contribution is 2.33. The summed E-state index contributed by atoms with van der Waals surface area (Å²) in [5.41, 5.74) is 3.35. The number of anilines is 4. The molecule has 0 saturated heterocycles. The number of hydrogen-bond acceptors (Lipinski definition) is 8. The van der Waals surface area contributed by atoms with Gasteiger partial charge < -0.3 is 10.6 Å². The number of hydrogen-bond donors (Lipinski definition) is 2. The van der Waals surface area contributed by atoms with E-state index < -0.39 is 25.1 Å². The van der Waals surface area contributed by atoms with Crippen molar-refractivity contribution in [3.05, 3.63) is 64.8 Å². The minimum absolute atomic E-state index is 0.0618. The normalized spacial score (nSPS) is 16.6. The molecule has 2 aromatic carbocycles. The summed E-state index contributed by atoms with van der Waals surface area (Å²) in [6, 6.07) is 12.6. The summed E-state index contributed by atoms with van der Waals surface area (Å²) in [6.07, 6.45) is 4.14. The standard InChI is InChI=1S/C26H32ClN5O4S2/c1-5-18-16-32(37(4,33)34)13-12-19-10-11-20(14-21(18)19)29-26-28-15-22(27)25(31-26)30-23-8-6-7-9-24(23)38(35,36)17(2)3/h6-11,14-15,17-18H,5,12-13,16H2,1-4H3,(H2,28,29,30,31). The third-order valence-corrected chi connectivity index (χ3v) is 10.4. The Kier molecular flexibility index (Phi) is 8.32. The SMILES string of the molecule is CCC1CN(S(C)(=O)=O)CCc2ccc(Nc3ncc(Cl)c(Nc4ccccc4S(=O)(=O)C(C)C)n3)cc21. The van der Waals surface area contributed by atoms with Gasteiger partial charge in [0, 0.05) is 18.8 Å². The Morgan fingerprint density at radius 1 is 1.11 bits per heavy atom. The van der Waals surface area contributed by atoms with E-state index in [9.17, 15) is 16.8 Å². The number of aromatic nitrogens is 2. The zero-order valence-electron chi connectivity index (χ0n) is 21.8. The number of halogens is 1. The van der Waals surface area contributed by atoms with Gasteiger partial charge in [-0.05, 0) is 68.0 Å². The van der Waals surface area contributed by atoms with Crippen LogP contribution < -0.4 is 10.6 Å². The predicted octanol–water partition coefficient (Wildman–Crippen LogP) is 5.11. The minimum Gasteiger partial charge on any atom is -0.338 e. The molecule has 12 heteroatoms. The number of benzene rings is 2. The van der Waals surface area contributed by atoms with Crippen LogP contribution in [0.1, 0.15) is 44.2 Å². The molecule has 0 radical (unpaired) electrons. The van der Waals surface area contributed by atoms with Crippen LogP contribution in [0.5, 0.6) is 0 Å². The van der Waals surface area contributed by atoms with Crippen LogP contribution in [0.4, 0.5) is 23.1 Å². The van der Waals surface area contributed by atoms with Crippen molar-refractivity contribution < 1.29 is 16.8 Å². The molecule has 0 saturated carbocycles. The maximum atomic E-state index is 12.8. The average Bonchev–Trinajstić information content (AvgIpc) is 3.05. The van der Waals surface area contributed by atoms with Gasteiger partial charge >= 0.3 is 0 Å². The van der Waals surface area contributed by atoms with Crippen molar-refractivity contribution >= 4 is 54.6 Å². The van der Waals surface area contributed by atoms with Crippen molar-refractivity contribution in [3.63, 3.8) is 0 Å². The highest BCUT2D eigenvalue weighted by Gasteiger charge is 2.27. The number of sulfonamides is 1. The van der Waals surface area contributed by atoms with E-state index in [0.717, 1.165) is 23.2 Å². The molecule has 1 atom stereocenters. The molecular formula is C26H32ClN5O4S2. The molecular weight excluding hydrogens is 546 g/mol. The Bertz CT molecular complexity index is 1540. The second kappa shape index (κ2) is 11.2. The molecule has 1 aromatic heterocycles. The smallest absolute Gasteiger partial charge is 0.229 e. The summed E-state index contributed by atoms with van der Waals surface area (Å²) < 4.78 is 51.7. The largest absolute Gasteiger partial charge is 0.338 e. The second-order valence-corrected chi connectivity index (χ2v) is 14.5. The minimum atomic E-state index is -3.54. The summed E-state index contributed by atoms with van der Waals surface area (Å²) in [5.74, 6) is 0.604. The fraction of sp³-hybridized carbons (Fsp3) is 0.385. The van der Waals surface area contributed by atoms with Gasteiger partial charge in [0.15, 0.2) is 15.7 Å². The Morgan fingerprint density at radius 3 is 2.53 bits per heavy atom. The van der Waals surface area contributed by atoms with Gasteiger partial charge in [-0.3, -0.25) is 0 Å². The molecule has 0 spiro atoms. The molecule has 204 valence electrons. The maximum Gasteiger partial charge on any atom is 0.229 e. The van der Waals surface area contributed by atoms with Gasteiger partial charge in [-0.1, -0.05) is 36.7 Å². The molecule has 3 aromatic rings. The quantitative estimate of drug-likeness (QED) is 0.379. The molecule has 2 N–H and O–H groups in total. The molecule has 1 unspecified atom stereocenters. The topological polar surface area (TPSA) is 121 Å². The molecule has 0 bridgehead atoms. The number of para-hydroxylation sites is 1. The average molecular weight is 578 g/mol. The lowest BCUT2D eigenvalue weighted by molar-refractivity contribution is 0.398. The van der Waals surface area contributed by atoms with Gasteiger partial charge in [-0.15, -0.1) is 0 Å². The Labute approximate surface area is 229 Å². The third kappa shape index (κ3) is 6.12. The highest BCUT2D eigenvalue weighted by molar-refractivity contribution is 7.92. The highest BCUT2D eigenvalue weighted by atomic mass is 35.5. The first-order valence-electron chi connectivity index (χ1n) is 12.4. The van der Waals surface area contributed by atoms with Crippen LogP contribution in [0.3, 0.4) is 0 Å². The van der Waals surface area contributed by atoms with Crippen molar-refractivity contribution in [1.82, 2.24) is 14.3 Å². The van der Waals surface area contributed by atoms with E-state index in [1.807, 2.05) is 18.2 Å². The summed E-state index contributed by atoms with van der Waals surface area (Å²) >= 11 is 6.36. The van der Waals surface area contributed by atoms with Crippen LogP contribution in [0.15, 0.2) is 53.6 Å². The fourth-order valence-corrected chi connectivity index (χ4v) is 6.67. The lowest BCUT2D eigenvalue weighted by Gasteiger charge is -2.22. The molecule has 0 fully saturated rings. The number of sulfone groups is 1. The summed E-state index contributed by atoms with van der Waals surface area (Å²) in [5, 5.41) is 5.91. The first-order valence-corrected chi connectivity index (χ1v) is 16.1. The number of fused-ring (bicyclic) bond motifs is 1. The lowest BCUT2D eigenvalue weighted by Crippen LogP contribution is -2.33. The predicted molar refractivity (Wildman–Crippen MR) is 152 cm³/mol. The summed E-state index contributed by atoms with van der Waals surface area (Å²) in [7, 11) is -6.82. The molecule has 1 aliphatic rings. The number of nitrogens with one attached hydrogen (secondary N) is 2. The van der Waals surface area contributed by atoms with Crippen molar-refractivity contribution in [2.24, 2.45) is 0 Å². The van der Waals surface area contributed by atoms with E-state index in [2.05, 4.69) is 27.5 Å². The maximum absolute atomic E-state index is 12.8. The van der Waals surface area contributed by atoms with E-state index in [1.54, 1.807) is 42.4 Å². The monoisotopic (exact) mass is 577 g/mol. The van der Waals surface area contributed by atoms with Gasteiger partial charge in [0.25, 0.3) is 0 Å². The van der Waals surface area contributed by atoms with E-state index in [1.165, 1.54) is 12.5 Å². The Hall–Kier alpha value is -2.73. The van der Waals surface area contributed by atoms with Gasteiger partial charge in [0.1, 0.15) is 5.02 Å². The van der Waals surface area contributed by atoms with E-state index >= 15 is 0 Å². The van der Waals surface area contributed by atoms with Crippen LogP contribution >= 0.6 is 11.6 Å². The van der Waals surface area contributed by atoms with Crippen molar-refractivity contribution in [2.45, 2.75) is 49.7 Å². The van der Waals surface area contributed by atoms with E-state index in [-0.39, 0.29) is 27.6 Å². The van der Waals surface area contributed by atoms with Crippen LogP contribution in [0.25, 0.3) is 0 Å². The Balaban J connectivity index is 1.61. The molecule has 9 nitrogen and oxygen atoms in total. The molecule has 38 heavy (non-hydrogen) atoms. The molecule has 1 aliphatic heterocycles. The van der Waals surface area contributed by atoms with Gasteiger partial charge in [0.05, 0.1) is 28.3 Å². The number of rotatable bonds is 8. The fourth-order valence-electron chi connectivity index (χ4n) is 4.45. The van der Waals surface area contributed by atoms with Crippen molar-refractivity contribution in [1.29, 1.82) is 0 Å². The van der Waals surface area contributed by atoms with E-state index in [0.29, 0.717) is 25.2 Å². The van der Waals surface area contributed by atoms with E-state index in [4.69, 9.17) is 11.6 Å². The summed E-state index contributed by atoms with van der Waals surface area (Å²) in [6.45, 7) is 6.22. The zero-order valence-corrected chi connectivity index (χ0v) is 24.2. The first-order chi connectivity index (χ1) is 17.9. The molecule has 2 heterocycles. The summed E-state index contributed by atoms with van der Waals surface area (Å²) in [4.78, 5) is 8.95. The van der Waals surface area contributed by atoms with Crippen LogP contribution in [-0.4, -0.2) is 55.7 Å². The first kappa shape index (κ1) is 28.3. The zero-order chi connectivity index (χ0) is 27.7.